The maximum Gasteiger partial charge on any atom is 0.238 e. The normalized spacial score (nSPS) is 19.4. The largest absolute Gasteiger partial charge is 0.330 e. The monoisotopic (exact) mass is 303 g/mol. The topological polar surface area (TPSA) is 58.4 Å². The fourth-order valence-electron chi connectivity index (χ4n) is 3.12. The Morgan fingerprint density at radius 2 is 2.05 bits per heavy atom. The Labute approximate surface area is 134 Å². The SMILES string of the molecule is CC(C)c1ccc(NC(=O)CN2CCCCC2CCN)cc1. The minimum absolute atomic E-state index is 0.0706. The second kappa shape index (κ2) is 8.30. The van der Waals surface area contributed by atoms with Crippen molar-refractivity contribution in [1.29, 1.82) is 0 Å². The van der Waals surface area contributed by atoms with Gasteiger partial charge in [0.1, 0.15) is 0 Å². The number of anilines is 1. The van der Waals surface area contributed by atoms with Crippen LogP contribution in [0.2, 0.25) is 0 Å². The summed E-state index contributed by atoms with van der Waals surface area (Å²) >= 11 is 0. The fourth-order valence-corrected chi connectivity index (χ4v) is 3.12. The van der Waals surface area contributed by atoms with Crippen molar-refractivity contribution in [3.05, 3.63) is 29.8 Å². The molecule has 4 nitrogen and oxygen atoms in total. The summed E-state index contributed by atoms with van der Waals surface area (Å²) in [5.74, 6) is 0.580. The zero-order valence-corrected chi connectivity index (χ0v) is 13.8. The van der Waals surface area contributed by atoms with Crippen LogP contribution in [-0.2, 0) is 4.79 Å². The van der Waals surface area contributed by atoms with E-state index in [4.69, 9.17) is 5.73 Å². The number of rotatable bonds is 6. The molecular formula is C18H29N3O. The van der Waals surface area contributed by atoms with Gasteiger partial charge in [-0.15, -0.1) is 0 Å². The van der Waals surface area contributed by atoms with Crippen molar-refractivity contribution in [2.75, 3.05) is 25.0 Å². The van der Waals surface area contributed by atoms with Gasteiger partial charge in [0.25, 0.3) is 0 Å². The highest BCUT2D eigenvalue weighted by molar-refractivity contribution is 5.92. The fraction of sp³-hybridized carbons (Fsp3) is 0.611. The Kier molecular flexibility index (Phi) is 6.40. The summed E-state index contributed by atoms with van der Waals surface area (Å²) in [7, 11) is 0. The molecule has 1 amide bonds. The molecule has 1 aliphatic rings. The van der Waals surface area contributed by atoms with Crippen LogP contribution in [0.3, 0.4) is 0 Å². The highest BCUT2D eigenvalue weighted by Gasteiger charge is 2.23. The smallest absolute Gasteiger partial charge is 0.238 e. The van der Waals surface area contributed by atoms with Crippen LogP contribution in [0, 0.1) is 0 Å². The Morgan fingerprint density at radius 3 is 2.68 bits per heavy atom. The molecule has 22 heavy (non-hydrogen) atoms. The van der Waals surface area contributed by atoms with Crippen molar-refractivity contribution in [3.63, 3.8) is 0 Å². The van der Waals surface area contributed by atoms with Gasteiger partial charge in [-0.1, -0.05) is 32.4 Å². The lowest BCUT2D eigenvalue weighted by Crippen LogP contribution is -2.44. The third-order valence-electron chi connectivity index (χ3n) is 4.46. The zero-order chi connectivity index (χ0) is 15.9. The van der Waals surface area contributed by atoms with Crippen molar-refractivity contribution in [2.45, 2.75) is 51.5 Å². The number of nitrogens with one attached hydrogen (secondary N) is 1. The van der Waals surface area contributed by atoms with Crippen LogP contribution in [0.5, 0.6) is 0 Å². The van der Waals surface area contributed by atoms with E-state index in [9.17, 15) is 4.79 Å². The van der Waals surface area contributed by atoms with Crippen LogP contribution in [0.4, 0.5) is 5.69 Å². The standard InChI is InChI=1S/C18H29N3O/c1-14(2)15-6-8-16(9-7-15)20-18(22)13-21-12-4-3-5-17(21)10-11-19/h6-9,14,17H,3-5,10-13,19H2,1-2H3,(H,20,22). The lowest BCUT2D eigenvalue weighted by molar-refractivity contribution is -0.118. The third-order valence-corrected chi connectivity index (χ3v) is 4.46. The molecule has 1 saturated heterocycles. The summed E-state index contributed by atoms with van der Waals surface area (Å²) in [6, 6.07) is 8.60. The maximum absolute atomic E-state index is 12.3. The van der Waals surface area contributed by atoms with Crippen LogP contribution in [-0.4, -0.2) is 36.5 Å². The molecular weight excluding hydrogens is 274 g/mol. The van der Waals surface area contributed by atoms with Gasteiger partial charge >= 0.3 is 0 Å². The van der Waals surface area contributed by atoms with Gasteiger partial charge in [-0.3, -0.25) is 9.69 Å². The van der Waals surface area contributed by atoms with E-state index in [2.05, 4.69) is 36.2 Å². The number of piperidine rings is 1. The summed E-state index contributed by atoms with van der Waals surface area (Å²) in [6.45, 7) is 6.50. The van der Waals surface area contributed by atoms with Gasteiger partial charge in [-0.25, -0.2) is 0 Å². The van der Waals surface area contributed by atoms with Crippen molar-refractivity contribution >= 4 is 11.6 Å². The first-order chi connectivity index (χ1) is 10.6. The van der Waals surface area contributed by atoms with E-state index >= 15 is 0 Å². The van der Waals surface area contributed by atoms with Crippen LogP contribution >= 0.6 is 0 Å². The zero-order valence-electron chi connectivity index (χ0n) is 13.8. The number of likely N-dealkylation sites (tertiary alicyclic amines) is 1. The van der Waals surface area contributed by atoms with Crippen LogP contribution in [0.25, 0.3) is 0 Å². The molecule has 1 fully saturated rings. The molecule has 4 heteroatoms. The molecule has 0 saturated carbocycles. The number of nitrogens with zero attached hydrogens (tertiary/aromatic N) is 1. The first-order valence-electron chi connectivity index (χ1n) is 8.44. The van der Waals surface area contributed by atoms with E-state index in [0.717, 1.165) is 25.1 Å². The van der Waals surface area contributed by atoms with Gasteiger partial charge in [0, 0.05) is 11.7 Å². The first-order valence-corrected chi connectivity index (χ1v) is 8.44. The van der Waals surface area contributed by atoms with Crippen molar-refractivity contribution in [3.8, 4) is 0 Å². The Hall–Kier alpha value is -1.39. The molecule has 122 valence electrons. The summed E-state index contributed by atoms with van der Waals surface area (Å²) < 4.78 is 0. The van der Waals surface area contributed by atoms with E-state index in [1.165, 1.54) is 18.4 Å². The first kappa shape index (κ1) is 17.0. The van der Waals surface area contributed by atoms with E-state index in [0.29, 0.717) is 25.0 Å². The second-order valence-corrected chi connectivity index (χ2v) is 6.52. The molecule has 1 atom stereocenters. The Balaban J connectivity index is 1.88. The highest BCUT2D eigenvalue weighted by Crippen LogP contribution is 2.20. The lowest BCUT2D eigenvalue weighted by atomic mass is 9.99. The van der Waals surface area contributed by atoms with Gasteiger partial charge in [0.2, 0.25) is 5.91 Å². The number of carbonyl (C=O) groups is 1. The Bertz CT molecular complexity index is 468. The maximum atomic E-state index is 12.3. The third kappa shape index (κ3) is 4.82. The number of hydrogen-bond acceptors (Lipinski definition) is 3. The molecule has 3 N–H and O–H groups in total. The quantitative estimate of drug-likeness (QED) is 0.849. The summed E-state index contributed by atoms with van der Waals surface area (Å²) in [6.07, 6.45) is 4.57. The molecule has 1 unspecified atom stereocenters. The molecule has 1 aliphatic heterocycles. The summed E-state index contributed by atoms with van der Waals surface area (Å²) in [4.78, 5) is 14.6. The molecule has 1 aromatic carbocycles. The predicted octanol–water partition coefficient (Wildman–Crippen LogP) is 2.95. The van der Waals surface area contributed by atoms with E-state index in [1.54, 1.807) is 0 Å². The van der Waals surface area contributed by atoms with Gasteiger partial charge in [-0.05, 0) is 56.0 Å². The minimum Gasteiger partial charge on any atom is -0.330 e. The predicted molar refractivity (Wildman–Crippen MR) is 92.0 cm³/mol. The molecule has 0 bridgehead atoms. The van der Waals surface area contributed by atoms with Crippen LogP contribution < -0.4 is 11.1 Å². The number of benzene rings is 1. The van der Waals surface area contributed by atoms with E-state index in [1.807, 2.05) is 12.1 Å². The van der Waals surface area contributed by atoms with Crippen molar-refractivity contribution < 1.29 is 4.79 Å². The number of hydrogen-bond donors (Lipinski definition) is 2. The van der Waals surface area contributed by atoms with Gasteiger partial charge < -0.3 is 11.1 Å². The number of nitrogens with two attached hydrogens (primary N) is 1. The molecule has 0 spiro atoms. The second-order valence-electron chi connectivity index (χ2n) is 6.52. The van der Waals surface area contributed by atoms with Gasteiger partial charge in [0.15, 0.2) is 0 Å². The minimum atomic E-state index is 0.0706. The molecule has 1 heterocycles. The average molecular weight is 303 g/mol. The van der Waals surface area contributed by atoms with Gasteiger partial charge in [-0.2, -0.15) is 0 Å². The van der Waals surface area contributed by atoms with Crippen LogP contribution in [0.1, 0.15) is 51.0 Å². The van der Waals surface area contributed by atoms with Crippen molar-refractivity contribution in [2.24, 2.45) is 5.73 Å². The van der Waals surface area contributed by atoms with Crippen molar-refractivity contribution in [1.82, 2.24) is 4.90 Å². The highest BCUT2D eigenvalue weighted by atomic mass is 16.2. The molecule has 1 aromatic rings. The summed E-state index contributed by atoms with van der Waals surface area (Å²) in [5, 5.41) is 3.01. The van der Waals surface area contributed by atoms with Gasteiger partial charge in [0.05, 0.1) is 6.54 Å². The Morgan fingerprint density at radius 1 is 1.32 bits per heavy atom. The van der Waals surface area contributed by atoms with E-state index in [-0.39, 0.29) is 5.91 Å². The van der Waals surface area contributed by atoms with E-state index < -0.39 is 0 Å². The number of carbonyl (C=O) groups excluding carboxylic acids is 1. The summed E-state index contributed by atoms with van der Waals surface area (Å²) in [5.41, 5.74) is 7.85. The molecule has 0 radical (unpaired) electrons. The molecule has 0 aromatic heterocycles. The number of amides is 1. The molecule has 0 aliphatic carbocycles. The lowest BCUT2D eigenvalue weighted by Gasteiger charge is -2.35. The molecule has 2 rings (SSSR count). The average Bonchev–Trinajstić information content (AvgIpc) is 2.50. The van der Waals surface area contributed by atoms with Crippen LogP contribution in [0.15, 0.2) is 24.3 Å².